The van der Waals surface area contributed by atoms with Gasteiger partial charge in [0.25, 0.3) is 0 Å². The van der Waals surface area contributed by atoms with Crippen LogP contribution in [0.2, 0.25) is 0 Å². The lowest BCUT2D eigenvalue weighted by Crippen LogP contribution is -2.14. The van der Waals surface area contributed by atoms with Gasteiger partial charge in [0.1, 0.15) is 0 Å². The highest BCUT2D eigenvalue weighted by molar-refractivity contribution is 7.57. The van der Waals surface area contributed by atoms with Crippen molar-refractivity contribution in [2.24, 2.45) is 0 Å². The zero-order chi connectivity index (χ0) is 7.11. The Kier molecular flexibility index (Phi) is 6.72. The van der Waals surface area contributed by atoms with Gasteiger partial charge >= 0.3 is 0 Å². The molecule has 9 heavy (non-hydrogen) atoms. The summed E-state index contributed by atoms with van der Waals surface area (Å²) in [6.07, 6.45) is 3.69. The first kappa shape index (κ1) is 9.35. The molecule has 2 nitrogen and oxygen atoms in total. The molecule has 0 amide bonds. The molecule has 0 aromatic heterocycles. The van der Waals surface area contributed by atoms with E-state index in [0.717, 1.165) is 0 Å². The molecule has 0 saturated carbocycles. The minimum atomic E-state index is 0.219. The van der Waals surface area contributed by atoms with Gasteiger partial charge in [0, 0.05) is 12.6 Å². The van der Waals surface area contributed by atoms with E-state index in [1.807, 2.05) is 14.1 Å². The summed E-state index contributed by atoms with van der Waals surface area (Å²) in [5, 5.41) is 6.38. The van der Waals surface area contributed by atoms with Crippen molar-refractivity contribution in [2.75, 3.05) is 32.8 Å². The summed E-state index contributed by atoms with van der Waals surface area (Å²) in [4.78, 5) is 0. The van der Waals surface area contributed by atoms with Crippen LogP contribution in [-0.4, -0.2) is 32.8 Å². The molecule has 56 valence electrons. The highest BCUT2D eigenvalue weighted by Gasteiger charge is 1.99. The summed E-state index contributed by atoms with van der Waals surface area (Å²) in [6.45, 7) is 2.25. The molecule has 0 fully saturated rings. The van der Waals surface area contributed by atoms with Crippen molar-refractivity contribution < 1.29 is 0 Å². The molecule has 0 aromatic carbocycles. The van der Waals surface area contributed by atoms with Gasteiger partial charge in [-0.2, -0.15) is 0 Å². The zero-order valence-corrected chi connectivity index (χ0v) is 7.46. The van der Waals surface area contributed by atoms with E-state index in [-0.39, 0.29) is 7.92 Å². The maximum absolute atomic E-state index is 3.19. The Balaban J connectivity index is 3.18. The molecule has 2 N–H and O–H groups in total. The number of rotatable bonds is 5. The standard InChI is InChI=1S/C6H17N2P/c1-4-9(5-7-2)6-8-3/h7-8H,4-6H2,1-3H3. The first-order valence-corrected chi connectivity index (χ1v) is 5.26. The molecule has 0 radical (unpaired) electrons. The van der Waals surface area contributed by atoms with E-state index in [4.69, 9.17) is 0 Å². The Labute approximate surface area is 59.2 Å². The largest absolute Gasteiger partial charge is 0.316 e. The molecule has 3 heteroatoms. The van der Waals surface area contributed by atoms with Crippen LogP contribution < -0.4 is 10.6 Å². The minimum Gasteiger partial charge on any atom is -0.316 e. The van der Waals surface area contributed by atoms with E-state index >= 15 is 0 Å². The van der Waals surface area contributed by atoms with Gasteiger partial charge in [0.2, 0.25) is 0 Å². The van der Waals surface area contributed by atoms with Crippen molar-refractivity contribution in [3.63, 3.8) is 0 Å². The lowest BCUT2D eigenvalue weighted by molar-refractivity contribution is 0.929. The highest BCUT2D eigenvalue weighted by Crippen LogP contribution is 2.30. The second kappa shape index (κ2) is 6.47. The molecule has 0 aromatic rings. The predicted octanol–water partition coefficient (Wildman–Crippen LogP) is 0.842. The lowest BCUT2D eigenvalue weighted by Gasteiger charge is -2.13. The van der Waals surface area contributed by atoms with Crippen LogP contribution in [0.1, 0.15) is 6.92 Å². The Morgan fingerprint density at radius 1 is 1.11 bits per heavy atom. The van der Waals surface area contributed by atoms with Gasteiger partial charge < -0.3 is 10.6 Å². The molecular weight excluding hydrogens is 131 g/mol. The average molecular weight is 148 g/mol. The third-order valence-electron chi connectivity index (χ3n) is 1.21. The van der Waals surface area contributed by atoms with Crippen LogP contribution in [0.4, 0.5) is 0 Å². The van der Waals surface area contributed by atoms with E-state index in [1.54, 1.807) is 0 Å². The monoisotopic (exact) mass is 148 g/mol. The van der Waals surface area contributed by atoms with Crippen molar-refractivity contribution in [3.8, 4) is 0 Å². The van der Waals surface area contributed by atoms with Crippen LogP contribution in [0.15, 0.2) is 0 Å². The van der Waals surface area contributed by atoms with Crippen molar-refractivity contribution in [3.05, 3.63) is 0 Å². The summed E-state index contributed by atoms with van der Waals surface area (Å²) in [5.74, 6) is 0. The quantitative estimate of drug-likeness (QED) is 0.564. The van der Waals surface area contributed by atoms with Crippen LogP contribution in [0.5, 0.6) is 0 Å². The maximum Gasteiger partial charge on any atom is 0.0164 e. The van der Waals surface area contributed by atoms with E-state index in [9.17, 15) is 0 Å². The van der Waals surface area contributed by atoms with Gasteiger partial charge in [-0.05, 0) is 20.3 Å². The predicted molar refractivity (Wildman–Crippen MR) is 45.3 cm³/mol. The van der Waals surface area contributed by atoms with Crippen LogP contribution in [0, 0.1) is 0 Å². The summed E-state index contributed by atoms with van der Waals surface area (Å²) < 4.78 is 0. The number of hydrogen-bond acceptors (Lipinski definition) is 2. The van der Waals surface area contributed by atoms with Crippen molar-refractivity contribution in [1.82, 2.24) is 10.6 Å². The van der Waals surface area contributed by atoms with Crippen LogP contribution in [0.25, 0.3) is 0 Å². The third kappa shape index (κ3) is 4.83. The van der Waals surface area contributed by atoms with Gasteiger partial charge in [-0.3, -0.25) is 0 Å². The molecule has 0 heterocycles. The molecule has 0 aliphatic carbocycles. The molecule has 0 spiro atoms. The molecule has 0 rings (SSSR count). The Hall–Kier alpha value is 0.350. The first-order valence-electron chi connectivity index (χ1n) is 3.36. The van der Waals surface area contributed by atoms with Gasteiger partial charge in [-0.25, -0.2) is 0 Å². The Morgan fingerprint density at radius 3 is 1.78 bits per heavy atom. The molecule has 0 unspecified atom stereocenters. The van der Waals surface area contributed by atoms with Crippen molar-refractivity contribution >= 4 is 7.92 Å². The molecular formula is C6H17N2P. The number of hydrogen-bond donors (Lipinski definition) is 2. The van der Waals surface area contributed by atoms with Crippen LogP contribution >= 0.6 is 7.92 Å². The zero-order valence-electron chi connectivity index (χ0n) is 6.57. The molecule has 0 aliphatic heterocycles. The summed E-state index contributed by atoms with van der Waals surface area (Å²) in [5.41, 5.74) is 0. The van der Waals surface area contributed by atoms with Gasteiger partial charge in [-0.1, -0.05) is 14.8 Å². The van der Waals surface area contributed by atoms with Crippen molar-refractivity contribution in [1.29, 1.82) is 0 Å². The first-order chi connectivity index (χ1) is 4.35. The van der Waals surface area contributed by atoms with Gasteiger partial charge in [0.05, 0.1) is 0 Å². The van der Waals surface area contributed by atoms with E-state index in [0.29, 0.717) is 0 Å². The normalized spacial score (nSPS) is 10.7. The topological polar surface area (TPSA) is 24.1 Å². The van der Waals surface area contributed by atoms with Crippen molar-refractivity contribution in [2.45, 2.75) is 6.92 Å². The summed E-state index contributed by atoms with van der Waals surface area (Å²) >= 11 is 0. The molecule has 0 bridgehead atoms. The van der Waals surface area contributed by atoms with E-state index in [1.165, 1.54) is 18.7 Å². The third-order valence-corrected chi connectivity index (χ3v) is 3.63. The smallest absolute Gasteiger partial charge is 0.0164 e. The lowest BCUT2D eigenvalue weighted by atomic mass is 11.0. The number of nitrogens with one attached hydrogen (secondary N) is 2. The fourth-order valence-electron chi connectivity index (χ4n) is 0.727. The molecule has 0 saturated heterocycles. The second-order valence-corrected chi connectivity index (χ2v) is 4.62. The van der Waals surface area contributed by atoms with Gasteiger partial charge in [-0.15, -0.1) is 0 Å². The van der Waals surface area contributed by atoms with E-state index in [2.05, 4.69) is 17.6 Å². The van der Waals surface area contributed by atoms with Crippen LogP contribution in [0.3, 0.4) is 0 Å². The fourth-order valence-corrected chi connectivity index (χ4v) is 2.18. The molecule has 0 aliphatic rings. The Morgan fingerprint density at radius 2 is 1.56 bits per heavy atom. The van der Waals surface area contributed by atoms with Crippen LogP contribution in [-0.2, 0) is 0 Å². The summed E-state index contributed by atoms with van der Waals surface area (Å²) in [7, 11) is 4.25. The second-order valence-electron chi connectivity index (χ2n) is 2.01. The maximum atomic E-state index is 3.19. The molecule has 0 atom stereocenters. The summed E-state index contributed by atoms with van der Waals surface area (Å²) in [6, 6.07) is 0. The SMILES string of the molecule is CCP(CNC)CNC. The average Bonchev–Trinajstić information content (AvgIpc) is 1.88. The van der Waals surface area contributed by atoms with Gasteiger partial charge in [0.15, 0.2) is 0 Å². The highest BCUT2D eigenvalue weighted by atomic mass is 31.1. The fraction of sp³-hybridized carbons (Fsp3) is 1.00. The minimum absolute atomic E-state index is 0.219. The van der Waals surface area contributed by atoms with E-state index < -0.39 is 0 Å². The Bertz CT molecular complexity index is 53.0.